The minimum Gasteiger partial charge on any atom is -0.332 e. The number of nitrogens with two attached hydrogens (primary N) is 1. The van der Waals surface area contributed by atoms with Crippen molar-refractivity contribution >= 4 is 33.4 Å². The molecule has 0 aliphatic carbocycles. The van der Waals surface area contributed by atoms with Gasteiger partial charge in [-0.15, -0.1) is 0 Å². The van der Waals surface area contributed by atoms with E-state index in [1.165, 1.54) is 0 Å². The van der Waals surface area contributed by atoms with Gasteiger partial charge in [0.15, 0.2) is 0 Å². The van der Waals surface area contributed by atoms with Gasteiger partial charge in [-0.25, -0.2) is 0 Å². The van der Waals surface area contributed by atoms with E-state index in [9.17, 15) is 4.79 Å². The zero-order valence-electron chi connectivity index (χ0n) is 11.1. The third kappa shape index (κ3) is 2.96. The molecular formula is C14H18BrClN2O. The number of hydrogen-bond donors (Lipinski definition) is 1. The van der Waals surface area contributed by atoms with E-state index in [0.717, 1.165) is 10.0 Å². The molecule has 1 amide bonds. The Morgan fingerprint density at radius 3 is 2.79 bits per heavy atom. The first kappa shape index (κ1) is 14.8. The molecule has 1 aliphatic heterocycles. The Balaban J connectivity index is 2.48. The van der Waals surface area contributed by atoms with Gasteiger partial charge in [-0.2, -0.15) is 0 Å². The molecule has 2 unspecified atom stereocenters. The number of likely N-dealkylation sites (tertiary alicyclic amines) is 1. The monoisotopic (exact) mass is 344 g/mol. The van der Waals surface area contributed by atoms with Crippen LogP contribution in [0.3, 0.4) is 0 Å². The van der Waals surface area contributed by atoms with E-state index in [2.05, 4.69) is 15.9 Å². The zero-order valence-corrected chi connectivity index (χ0v) is 13.4. The maximum absolute atomic E-state index is 12.2. The van der Waals surface area contributed by atoms with Crippen LogP contribution in [0.5, 0.6) is 0 Å². The quantitative estimate of drug-likeness (QED) is 0.891. The molecule has 3 nitrogen and oxygen atoms in total. The van der Waals surface area contributed by atoms with Crippen molar-refractivity contribution in [3.8, 4) is 0 Å². The molecule has 0 saturated carbocycles. The van der Waals surface area contributed by atoms with Crippen LogP contribution >= 0.6 is 27.5 Å². The SMILES string of the molecule is CC(C)N1C(=O)CCC(N)C1c1cc(Br)ccc1Cl. The van der Waals surface area contributed by atoms with Crippen molar-refractivity contribution in [2.75, 3.05) is 0 Å². The van der Waals surface area contributed by atoms with E-state index < -0.39 is 0 Å². The fourth-order valence-electron chi connectivity index (χ4n) is 2.67. The largest absolute Gasteiger partial charge is 0.332 e. The molecule has 0 bridgehead atoms. The van der Waals surface area contributed by atoms with Crippen molar-refractivity contribution in [1.29, 1.82) is 0 Å². The van der Waals surface area contributed by atoms with Gasteiger partial charge in [-0.05, 0) is 44.0 Å². The minimum absolute atomic E-state index is 0.0769. The summed E-state index contributed by atoms with van der Waals surface area (Å²) in [4.78, 5) is 14.0. The Kier molecular flexibility index (Phi) is 4.54. The lowest BCUT2D eigenvalue weighted by Gasteiger charge is -2.42. The van der Waals surface area contributed by atoms with Gasteiger partial charge < -0.3 is 10.6 Å². The van der Waals surface area contributed by atoms with E-state index in [1.807, 2.05) is 36.9 Å². The highest BCUT2D eigenvalue weighted by Crippen LogP contribution is 2.37. The summed E-state index contributed by atoms with van der Waals surface area (Å²) in [6.45, 7) is 4.02. The van der Waals surface area contributed by atoms with Crippen molar-refractivity contribution in [2.45, 2.75) is 44.8 Å². The molecule has 0 aromatic heterocycles. The Bertz CT molecular complexity index is 492. The average Bonchev–Trinajstić information content (AvgIpc) is 2.34. The molecule has 1 saturated heterocycles. The van der Waals surface area contributed by atoms with Crippen LogP contribution in [-0.4, -0.2) is 22.9 Å². The number of carbonyl (C=O) groups excluding carboxylic acids is 1. The van der Waals surface area contributed by atoms with E-state index in [-0.39, 0.29) is 24.0 Å². The number of nitrogens with zero attached hydrogens (tertiary/aromatic N) is 1. The Hall–Kier alpha value is -0.580. The molecule has 1 aromatic carbocycles. The maximum Gasteiger partial charge on any atom is 0.223 e. The van der Waals surface area contributed by atoms with Crippen molar-refractivity contribution < 1.29 is 4.79 Å². The van der Waals surface area contributed by atoms with Crippen molar-refractivity contribution in [3.63, 3.8) is 0 Å². The molecular weight excluding hydrogens is 328 g/mol. The smallest absolute Gasteiger partial charge is 0.223 e. The van der Waals surface area contributed by atoms with Crippen LogP contribution in [-0.2, 0) is 4.79 Å². The molecule has 1 aliphatic rings. The van der Waals surface area contributed by atoms with E-state index in [1.54, 1.807) is 0 Å². The van der Waals surface area contributed by atoms with Gasteiger partial charge in [0.1, 0.15) is 0 Å². The first-order valence-electron chi connectivity index (χ1n) is 6.43. The fourth-order valence-corrected chi connectivity index (χ4v) is 3.28. The van der Waals surface area contributed by atoms with Gasteiger partial charge in [0.05, 0.1) is 6.04 Å². The molecule has 5 heteroatoms. The zero-order chi connectivity index (χ0) is 14.2. The number of piperidine rings is 1. The van der Waals surface area contributed by atoms with Gasteiger partial charge in [0, 0.05) is 28.0 Å². The molecule has 1 aromatic rings. The van der Waals surface area contributed by atoms with E-state index in [4.69, 9.17) is 17.3 Å². The van der Waals surface area contributed by atoms with Gasteiger partial charge in [-0.3, -0.25) is 4.79 Å². The minimum atomic E-state index is -0.147. The Labute approximate surface area is 127 Å². The van der Waals surface area contributed by atoms with Crippen LogP contribution in [0.2, 0.25) is 5.02 Å². The van der Waals surface area contributed by atoms with Gasteiger partial charge in [0.25, 0.3) is 0 Å². The standard InChI is InChI=1S/C14H18BrClN2O/c1-8(2)18-13(19)6-5-12(17)14(18)10-7-9(15)3-4-11(10)16/h3-4,7-8,12,14H,5-6,17H2,1-2H3. The summed E-state index contributed by atoms with van der Waals surface area (Å²) in [5, 5.41) is 0.656. The topological polar surface area (TPSA) is 46.3 Å². The van der Waals surface area contributed by atoms with Crippen LogP contribution in [0.4, 0.5) is 0 Å². The highest BCUT2D eigenvalue weighted by atomic mass is 79.9. The van der Waals surface area contributed by atoms with E-state index >= 15 is 0 Å². The lowest BCUT2D eigenvalue weighted by atomic mass is 9.89. The summed E-state index contributed by atoms with van der Waals surface area (Å²) in [5.74, 6) is 0.151. The van der Waals surface area contributed by atoms with Crippen molar-refractivity contribution in [1.82, 2.24) is 4.90 Å². The van der Waals surface area contributed by atoms with Crippen LogP contribution in [0.15, 0.2) is 22.7 Å². The summed E-state index contributed by atoms with van der Waals surface area (Å²) >= 11 is 9.75. The van der Waals surface area contributed by atoms with E-state index in [0.29, 0.717) is 17.9 Å². The predicted molar refractivity (Wildman–Crippen MR) is 81.1 cm³/mol. The Morgan fingerprint density at radius 2 is 2.16 bits per heavy atom. The van der Waals surface area contributed by atoms with Crippen molar-refractivity contribution in [3.05, 3.63) is 33.3 Å². The third-order valence-electron chi connectivity index (χ3n) is 3.52. The second-order valence-corrected chi connectivity index (χ2v) is 6.53. The highest BCUT2D eigenvalue weighted by Gasteiger charge is 2.37. The molecule has 1 fully saturated rings. The molecule has 2 rings (SSSR count). The molecule has 0 radical (unpaired) electrons. The summed E-state index contributed by atoms with van der Waals surface area (Å²) in [7, 11) is 0. The molecule has 2 N–H and O–H groups in total. The van der Waals surface area contributed by atoms with Crippen LogP contribution < -0.4 is 5.73 Å². The fraction of sp³-hybridized carbons (Fsp3) is 0.500. The van der Waals surface area contributed by atoms with Crippen LogP contribution in [0.25, 0.3) is 0 Å². The molecule has 2 atom stereocenters. The van der Waals surface area contributed by atoms with Crippen LogP contribution in [0.1, 0.15) is 38.3 Å². The third-order valence-corrected chi connectivity index (χ3v) is 4.36. The lowest BCUT2D eigenvalue weighted by Crippen LogP contribution is -2.51. The average molecular weight is 346 g/mol. The number of amides is 1. The summed E-state index contributed by atoms with van der Waals surface area (Å²) < 4.78 is 0.945. The maximum atomic E-state index is 12.2. The lowest BCUT2D eigenvalue weighted by molar-refractivity contribution is -0.139. The first-order chi connectivity index (χ1) is 8.91. The molecule has 104 valence electrons. The number of hydrogen-bond acceptors (Lipinski definition) is 2. The van der Waals surface area contributed by atoms with Gasteiger partial charge in [-0.1, -0.05) is 27.5 Å². The molecule has 19 heavy (non-hydrogen) atoms. The Morgan fingerprint density at radius 1 is 1.47 bits per heavy atom. The summed E-state index contributed by atoms with van der Waals surface area (Å²) in [5.41, 5.74) is 7.17. The van der Waals surface area contributed by atoms with Crippen molar-refractivity contribution in [2.24, 2.45) is 5.73 Å². The first-order valence-corrected chi connectivity index (χ1v) is 7.60. The predicted octanol–water partition coefficient (Wildman–Crippen LogP) is 3.50. The normalized spacial score (nSPS) is 24.1. The second-order valence-electron chi connectivity index (χ2n) is 5.21. The number of halogens is 2. The summed E-state index contributed by atoms with van der Waals surface area (Å²) in [6.07, 6.45) is 1.22. The van der Waals surface area contributed by atoms with Gasteiger partial charge >= 0.3 is 0 Å². The molecule has 1 heterocycles. The number of carbonyl (C=O) groups is 1. The molecule has 0 spiro atoms. The number of benzene rings is 1. The van der Waals surface area contributed by atoms with Crippen LogP contribution in [0, 0.1) is 0 Å². The highest BCUT2D eigenvalue weighted by molar-refractivity contribution is 9.10. The second kappa shape index (κ2) is 5.81. The number of rotatable bonds is 2. The summed E-state index contributed by atoms with van der Waals surface area (Å²) in [6, 6.07) is 5.57. The van der Waals surface area contributed by atoms with Gasteiger partial charge in [0.2, 0.25) is 5.91 Å².